The van der Waals surface area contributed by atoms with Crippen molar-refractivity contribution in [2.24, 2.45) is 0 Å². The van der Waals surface area contributed by atoms with Gasteiger partial charge in [0, 0.05) is 7.05 Å². The number of carboxylic acid groups (broad SMARTS) is 1. The van der Waals surface area contributed by atoms with E-state index in [1.165, 1.54) is 6.07 Å². The molecule has 1 aromatic carbocycles. The minimum Gasteiger partial charge on any atom is -0.478 e. The zero-order valence-electron chi connectivity index (χ0n) is 10.6. The van der Waals surface area contributed by atoms with Gasteiger partial charge < -0.3 is 20.8 Å². The first kappa shape index (κ1) is 14.2. The molecule has 0 amide bonds. The zero-order chi connectivity index (χ0) is 14.1. The molecule has 0 atom stereocenters. The standard InChI is InChI=1S/C12H17FN2O3/c1-12(2,6-16)15(3)8-5-4-7(13)10(14)9(8)11(17)18/h4-5,16H,6,14H2,1-3H3,(H,17,18). The van der Waals surface area contributed by atoms with Crippen molar-refractivity contribution >= 4 is 17.3 Å². The quantitative estimate of drug-likeness (QED) is 0.707. The van der Waals surface area contributed by atoms with Gasteiger partial charge in [0.15, 0.2) is 0 Å². The molecule has 0 saturated heterocycles. The first-order chi connectivity index (χ1) is 8.22. The first-order valence-corrected chi connectivity index (χ1v) is 5.38. The topological polar surface area (TPSA) is 86.8 Å². The van der Waals surface area contributed by atoms with Crippen LogP contribution in [-0.2, 0) is 0 Å². The third-order valence-electron chi connectivity index (χ3n) is 3.04. The zero-order valence-corrected chi connectivity index (χ0v) is 10.6. The summed E-state index contributed by atoms with van der Waals surface area (Å²) < 4.78 is 13.3. The van der Waals surface area contributed by atoms with Gasteiger partial charge in [-0.25, -0.2) is 9.18 Å². The average molecular weight is 256 g/mol. The van der Waals surface area contributed by atoms with Crippen LogP contribution in [0.4, 0.5) is 15.8 Å². The van der Waals surface area contributed by atoms with Crippen LogP contribution in [-0.4, -0.2) is 35.4 Å². The number of likely N-dealkylation sites (N-methyl/N-ethyl adjacent to an activating group) is 1. The summed E-state index contributed by atoms with van der Waals surface area (Å²) in [5, 5.41) is 18.4. The Kier molecular flexibility index (Phi) is 3.81. The number of carbonyl (C=O) groups is 1. The van der Waals surface area contributed by atoms with Gasteiger partial charge in [-0.1, -0.05) is 0 Å². The van der Waals surface area contributed by atoms with E-state index >= 15 is 0 Å². The maximum absolute atomic E-state index is 13.3. The maximum Gasteiger partial charge on any atom is 0.340 e. The predicted molar refractivity (Wildman–Crippen MR) is 67.3 cm³/mol. The molecule has 100 valence electrons. The number of hydrogen-bond donors (Lipinski definition) is 3. The summed E-state index contributed by atoms with van der Waals surface area (Å²) in [5.74, 6) is -2.08. The number of nitrogen functional groups attached to an aromatic ring is 1. The smallest absolute Gasteiger partial charge is 0.340 e. The molecular weight excluding hydrogens is 239 g/mol. The highest BCUT2D eigenvalue weighted by Crippen LogP contribution is 2.31. The van der Waals surface area contributed by atoms with Gasteiger partial charge in [-0.15, -0.1) is 0 Å². The normalized spacial score (nSPS) is 11.4. The Morgan fingerprint density at radius 3 is 2.50 bits per heavy atom. The number of halogens is 1. The van der Waals surface area contributed by atoms with Crippen LogP contribution in [0.1, 0.15) is 24.2 Å². The molecule has 0 aromatic heterocycles. The number of aliphatic hydroxyl groups is 1. The van der Waals surface area contributed by atoms with Crippen molar-refractivity contribution in [3.05, 3.63) is 23.5 Å². The van der Waals surface area contributed by atoms with Crippen molar-refractivity contribution in [3.8, 4) is 0 Å². The van der Waals surface area contributed by atoms with Gasteiger partial charge in [0.05, 0.1) is 23.5 Å². The molecule has 1 aromatic rings. The number of benzene rings is 1. The molecule has 4 N–H and O–H groups in total. The molecule has 0 aliphatic carbocycles. The Morgan fingerprint density at radius 1 is 1.50 bits per heavy atom. The Bertz CT molecular complexity index is 475. The second-order valence-corrected chi connectivity index (χ2v) is 4.69. The summed E-state index contributed by atoms with van der Waals surface area (Å²) in [4.78, 5) is 12.7. The van der Waals surface area contributed by atoms with Gasteiger partial charge in [0.2, 0.25) is 0 Å². The van der Waals surface area contributed by atoms with E-state index in [-0.39, 0.29) is 17.9 Å². The van der Waals surface area contributed by atoms with Crippen molar-refractivity contribution < 1.29 is 19.4 Å². The molecule has 0 unspecified atom stereocenters. The fourth-order valence-electron chi connectivity index (χ4n) is 1.52. The van der Waals surface area contributed by atoms with Gasteiger partial charge >= 0.3 is 5.97 Å². The van der Waals surface area contributed by atoms with E-state index in [4.69, 9.17) is 10.8 Å². The van der Waals surface area contributed by atoms with E-state index in [0.717, 1.165) is 6.07 Å². The fraction of sp³-hybridized carbons (Fsp3) is 0.417. The second kappa shape index (κ2) is 4.81. The van der Waals surface area contributed by atoms with Gasteiger partial charge in [-0.2, -0.15) is 0 Å². The Morgan fingerprint density at radius 2 is 2.06 bits per heavy atom. The summed E-state index contributed by atoms with van der Waals surface area (Å²) in [7, 11) is 1.62. The van der Waals surface area contributed by atoms with E-state index in [0.29, 0.717) is 0 Å². The largest absolute Gasteiger partial charge is 0.478 e. The molecule has 6 heteroatoms. The Labute approximate surface area is 105 Å². The third kappa shape index (κ3) is 2.38. The molecule has 0 aliphatic heterocycles. The lowest BCUT2D eigenvalue weighted by Crippen LogP contribution is -2.45. The lowest BCUT2D eigenvalue weighted by atomic mass is 10.0. The summed E-state index contributed by atoms with van der Waals surface area (Å²) in [5.41, 5.74) is 4.35. The minimum atomic E-state index is -1.30. The Balaban J connectivity index is 3.42. The van der Waals surface area contributed by atoms with Gasteiger partial charge in [-0.3, -0.25) is 0 Å². The molecule has 0 saturated carbocycles. The molecule has 0 radical (unpaired) electrons. The van der Waals surface area contributed by atoms with E-state index in [1.54, 1.807) is 25.8 Å². The van der Waals surface area contributed by atoms with Gasteiger partial charge in [0.25, 0.3) is 0 Å². The molecule has 5 nitrogen and oxygen atoms in total. The van der Waals surface area contributed by atoms with E-state index in [1.807, 2.05) is 0 Å². The monoisotopic (exact) mass is 256 g/mol. The van der Waals surface area contributed by atoms with Crippen molar-refractivity contribution in [2.45, 2.75) is 19.4 Å². The molecule has 1 rings (SSSR count). The predicted octanol–water partition coefficient (Wildman–Crippen LogP) is 1.31. The van der Waals surface area contributed by atoms with Crippen LogP contribution in [0.3, 0.4) is 0 Å². The summed E-state index contributed by atoms with van der Waals surface area (Å²) in [6, 6.07) is 2.45. The highest BCUT2D eigenvalue weighted by atomic mass is 19.1. The number of anilines is 2. The number of aliphatic hydroxyl groups excluding tert-OH is 1. The highest BCUT2D eigenvalue weighted by Gasteiger charge is 2.28. The van der Waals surface area contributed by atoms with Crippen LogP contribution in [0.25, 0.3) is 0 Å². The van der Waals surface area contributed by atoms with Crippen molar-refractivity contribution in [3.63, 3.8) is 0 Å². The molecule has 0 aliphatic rings. The summed E-state index contributed by atoms with van der Waals surface area (Å²) in [6.07, 6.45) is 0. The molecule has 18 heavy (non-hydrogen) atoms. The van der Waals surface area contributed by atoms with Crippen LogP contribution in [0.2, 0.25) is 0 Å². The molecule has 0 bridgehead atoms. The minimum absolute atomic E-state index is 0.181. The van der Waals surface area contributed by atoms with Crippen LogP contribution in [0.5, 0.6) is 0 Å². The SMILES string of the molecule is CN(c1ccc(F)c(N)c1C(=O)O)C(C)(C)CO. The molecule has 0 fully saturated rings. The van der Waals surface area contributed by atoms with E-state index in [9.17, 15) is 14.3 Å². The lowest BCUT2D eigenvalue weighted by Gasteiger charge is -2.36. The Hall–Kier alpha value is -1.82. The van der Waals surface area contributed by atoms with Crippen LogP contribution in [0, 0.1) is 5.82 Å². The number of hydrogen-bond acceptors (Lipinski definition) is 4. The highest BCUT2D eigenvalue weighted by molar-refractivity contribution is 6.00. The summed E-state index contributed by atoms with van der Waals surface area (Å²) >= 11 is 0. The second-order valence-electron chi connectivity index (χ2n) is 4.69. The number of aromatic carboxylic acids is 1. The molecular formula is C12H17FN2O3. The third-order valence-corrected chi connectivity index (χ3v) is 3.04. The molecule has 0 heterocycles. The van der Waals surface area contributed by atoms with Crippen LogP contribution in [0.15, 0.2) is 12.1 Å². The summed E-state index contributed by atoms with van der Waals surface area (Å²) in [6.45, 7) is 3.29. The van der Waals surface area contributed by atoms with Gasteiger partial charge in [-0.05, 0) is 26.0 Å². The fourth-order valence-corrected chi connectivity index (χ4v) is 1.52. The molecule has 0 spiro atoms. The number of rotatable bonds is 4. The van der Waals surface area contributed by atoms with Crippen LogP contribution >= 0.6 is 0 Å². The van der Waals surface area contributed by atoms with Crippen molar-refractivity contribution in [1.29, 1.82) is 0 Å². The maximum atomic E-state index is 13.3. The number of nitrogens with zero attached hydrogens (tertiary/aromatic N) is 1. The lowest BCUT2D eigenvalue weighted by molar-refractivity contribution is 0.0698. The average Bonchev–Trinajstić information content (AvgIpc) is 2.30. The number of nitrogens with two attached hydrogens (primary N) is 1. The van der Waals surface area contributed by atoms with E-state index < -0.39 is 23.0 Å². The van der Waals surface area contributed by atoms with E-state index in [2.05, 4.69) is 0 Å². The first-order valence-electron chi connectivity index (χ1n) is 5.38. The van der Waals surface area contributed by atoms with Crippen molar-refractivity contribution in [2.75, 3.05) is 24.3 Å². The van der Waals surface area contributed by atoms with Crippen molar-refractivity contribution in [1.82, 2.24) is 0 Å². The van der Waals surface area contributed by atoms with Gasteiger partial charge in [0.1, 0.15) is 11.4 Å². The van der Waals surface area contributed by atoms with Crippen LogP contribution < -0.4 is 10.6 Å². The number of carboxylic acids is 1.